The number of nitro groups is 1. The van der Waals surface area contributed by atoms with Gasteiger partial charge in [0.2, 0.25) is 0 Å². The standard InChI is InChI=1S/C27H20BrN3O8/c1-2-38-26(34)17-6-9-20(10-7-17)30-25(33)22(24(32)29-27(30)35)14-18-13-19(28)8-11-23(18)39-15-16-4-3-5-21(12-16)31(36)37/h3-14H,2,15H2,1H3,(H,29,32,35)/b22-14+. The molecule has 0 aromatic heterocycles. The lowest BCUT2D eigenvalue weighted by Gasteiger charge is -2.26. The lowest BCUT2D eigenvalue weighted by Crippen LogP contribution is -2.54. The number of non-ortho nitro benzene ring substituents is 1. The summed E-state index contributed by atoms with van der Waals surface area (Å²) in [5, 5.41) is 13.2. The van der Waals surface area contributed by atoms with Gasteiger partial charge in [-0.15, -0.1) is 0 Å². The molecule has 1 heterocycles. The van der Waals surface area contributed by atoms with Gasteiger partial charge in [-0.25, -0.2) is 14.5 Å². The minimum absolute atomic E-state index is 0.0168. The highest BCUT2D eigenvalue weighted by Crippen LogP contribution is 2.29. The number of nitrogens with one attached hydrogen (secondary N) is 1. The molecule has 198 valence electrons. The van der Waals surface area contributed by atoms with Crippen LogP contribution in [0.25, 0.3) is 6.08 Å². The zero-order valence-electron chi connectivity index (χ0n) is 20.4. The summed E-state index contributed by atoms with van der Waals surface area (Å²) >= 11 is 3.35. The SMILES string of the molecule is CCOC(=O)c1ccc(N2C(=O)NC(=O)/C(=C\c3cc(Br)ccc3OCc3cccc([N+](=O)[O-])c3)C2=O)cc1. The topological polar surface area (TPSA) is 145 Å². The van der Waals surface area contributed by atoms with Crippen LogP contribution in [0.15, 0.2) is 76.8 Å². The molecule has 0 bridgehead atoms. The van der Waals surface area contributed by atoms with E-state index in [9.17, 15) is 29.3 Å². The van der Waals surface area contributed by atoms with Gasteiger partial charge in [-0.1, -0.05) is 28.1 Å². The molecule has 1 aliphatic heterocycles. The van der Waals surface area contributed by atoms with E-state index >= 15 is 0 Å². The number of barbiturate groups is 1. The first-order valence-corrected chi connectivity index (χ1v) is 12.3. The smallest absolute Gasteiger partial charge is 0.338 e. The third-order valence-electron chi connectivity index (χ3n) is 5.53. The Bertz CT molecular complexity index is 1520. The number of nitro benzene ring substituents is 1. The summed E-state index contributed by atoms with van der Waals surface area (Å²) in [4.78, 5) is 61.8. The van der Waals surface area contributed by atoms with E-state index in [2.05, 4.69) is 21.2 Å². The minimum atomic E-state index is -0.942. The summed E-state index contributed by atoms with van der Waals surface area (Å²) in [6.45, 7) is 1.84. The van der Waals surface area contributed by atoms with Gasteiger partial charge in [0, 0.05) is 22.2 Å². The van der Waals surface area contributed by atoms with Crippen molar-refractivity contribution in [1.29, 1.82) is 0 Å². The molecule has 1 fully saturated rings. The van der Waals surface area contributed by atoms with Crippen molar-refractivity contribution in [2.24, 2.45) is 0 Å². The van der Waals surface area contributed by atoms with Crippen LogP contribution in [0.3, 0.4) is 0 Å². The van der Waals surface area contributed by atoms with E-state index in [0.29, 0.717) is 21.3 Å². The Morgan fingerprint density at radius 2 is 1.82 bits per heavy atom. The zero-order chi connectivity index (χ0) is 28.1. The largest absolute Gasteiger partial charge is 0.488 e. The second-order valence-electron chi connectivity index (χ2n) is 8.12. The van der Waals surface area contributed by atoms with Crippen LogP contribution in [0.2, 0.25) is 0 Å². The summed E-state index contributed by atoms with van der Waals surface area (Å²) in [6.07, 6.45) is 1.29. The number of carbonyl (C=O) groups is 4. The fraction of sp³-hybridized carbons (Fsp3) is 0.111. The predicted molar refractivity (Wildman–Crippen MR) is 143 cm³/mol. The number of esters is 1. The molecule has 0 saturated carbocycles. The van der Waals surface area contributed by atoms with Gasteiger partial charge in [-0.2, -0.15) is 0 Å². The highest BCUT2D eigenvalue weighted by Gasteiger charge is 2.37. The van der Waals surface area contributed by atoms with Crippen LogP contribution >= 0.6 is 15.9 Å². The average molecular weight is 594 g/mol. The molecular formula is C27H20BrN3O8. The lowest BCUT2D eigenvalue weighted by atomic mass is 10.1. The number of benzene rings is 3. The van der Waals surface area contributed by atoms with Crippen LogP contribution in [0, 0.1) is 10.1 Å². The first-order valence-electron chi connectivity index (χ1n) is 11.5. The highest BCUT2D eigenvalue weighted by atomic mass is 79.9. The second-order valence-corrected chi connectivity index (χ2v) is 9.04. The molecule has 1 N–H and O–H groups in total. The lowest BCUT2D eigenvalue weighted by molar-refractivity contribution is -0.384. The van der Waals surface area contributed by atoms with Gasteiger partial charge in [0.1, 0.15) is 17.9 Å². The number of urea groups is 1. The third kappa shape index (κ3) is 6.18. The van der Waals surface area contributed by atoms with Crippen LogP contribution in [0.1, 0.15) is 28.4 Å². The number of halogens is 1. The third-order valence-corrected chi connectivity index (χ3v) is 6.02. The maximum atomic E-state index is 13.3. The van der Waals surface area contributed by atoms with Gasteiger partial charge in [-0.3, -0.25) is 25.0 Å². The molecule has 3 aromatic rings. The fourth-order valence-corrected chi connectivity index (χ4v) is 4.07. The van der Waals surface area contributed by atoms with Crippen molar-refractivity contribution >= 4 is 57.2 Å². The van der Waals surface area contributed by atoms with E-state index in [1.54, 1.807) is 31.2 Å². The molecule has 39 heavy (non-hydrogen) atoms. The van der Waals surface area contributed by atoms with Gasteiger partial charge in [0.05, 0.1) is 22.8 Å². The summed E-state index contributed by atoms with van der Waals surface area (Å²) < 4.78 is 11.4. The van der Waals surface area contributed by atoms with Crippen LogP contribution in [-0.4, -0.2) is 35.3 Å². The number of amides is 4. The Hall–Kier alpha value is -4.84. The van der Waals surface area contributed by atoms with E-state index in [1.165, 1.54) is 48.5 Å². The molecule has 1 saturated heterocycles. The van der Waals surface area contributed by atoms with Crippen LogP contribution in [-0.2, 0) is 20.9 Å². The van der Waals surface area contributed by atoms with Crippen LogP contribution < -0.4 is 15.0 Å². The van der Waals surface area contributed by atoms with Crippen molar-refractivity contribution in [2.45, 2.75) is 13.5 Å². The summed E-state index contributed by atoms with van der Waals surface area (Å²) in [7, 11) is 0. The quantitative estimate of drug-likeness (QED) is 0.129. The minimum Gasteiger partial charge on any atom is -0.488 e. The fourth-order valence-electron chi connectivity index (χ4n) is 3.69. The number of nitrogens with zero attached hydrogens (tertiary/aromatic N) is 2. The Labute approximate surface area is 230 Å². The van der Waals surface area contributed by atoms with Crippen LogP contribution in [0.5, 0.6) is 5.75 Å². The van der Waals surface area contributed by atoms with E-state index in [1.807, 2.05) is 0 Å². The zero-order valence-corrected chi connectivity index (χ0v) is 22.0. The van der Waals surface area contributed by atoms with E-state index in [-0.39, 0.29) is 35.7 Å². The highest BCUT2D eigenvalue weighted by molar-refractivity contribution is 9.10. The molecule has 0 aliphatic carbocycles. The molecule has 0 spiro atoms. The van der Waals surface area contributed by atoms with Gasteiger partial charge in [0.15, 0.2) is 0 Å². The maximum absolute atomic E-state index is 13.3. The molecule has 3 aromatic carbocycles. The maximum Gasteiger partial charge on any atom is 0.338 e. The molecule has 1 aliphatic rings. The Morgan fingerprint density at radius 1 is 1.08 bits per heavy atom. The van der Waals surface area contributed by atoms with E-state index < -0.39 is 28.7 Å². The number of ether oxygens (including phenoxy) is 2. The predicted octanol–water partition coefficient (Wildman–Crippen LogP) is 4.78. The Morgan fingerprint density at radius 3 is 2.51 bits per heavy atom. The molecule has 4 rings (SSSR count). The molecule has 0 radical (unpaired) electrons. The number of carbonyl (C=O) groups excluding carboxylic acids is 4. The molecular weight excluding hydrogens is 574 g/mol. The number of imide groups is 2. The van der Waals surface area contributed by atoms with Gasteiger partial charge in [0.25, 0.3) is 17.5 Å². The molecule has 12 heteroatoms. The molecule has 11 nitrogen and oxygen atoms in total. The molecule has 0 unspecified atom stereocenters. The molecule has 0 atom stereocenters. The first kappa shape index (κ1) is 27.2. The van der Waals surface area contributed by atoms with Crippen molar-refractivity contribution < 1.29 is 33.6 Å². The van der Waals surface area contributed by atoms with Crippen molar-refractivity contribution in [3.63, 3.8) is 0 Å². The van der Waals surface area contributed by atoms with Gasteiger partial charge >= 0.3 is 12.0 Å². The second kappa shape index (κ2) is 11.7. The van der Waals surface area contributed by atoms with Gasteiger partial charge in [-0.05, 0) is 61.0 Å². The monoisotopic (exact) mass is 593 g/mol. The normalized spacial score (nSPS) is 14.3. The summed E-state index contributed by atoms with van der Waals surface area (Å²) in [5.41, 5.74) is 0.846. The van der Waals surface area contributed by atoms with E-state index in [4.69, 9.17) is 9.47 Å². The number of hydrogen-bond acceptors (Lipinski definition) is 8. The van der Waals surface area contributed by atoms with E-state index in [0.717, 1.165) is 4.90 Å². The summed E-state index contributed by atoms with van der Waals surface area (Å²) in [6, 6.07) is 15.5. The number of hydrogen-bond donors (Lipinski definition) is 1. The Balaban J connectivity index is 1.62. The van der Waals surface area contributed by atoms with Crippen molar-refractivity contribution in [3.8, 4) is 5.75 Å². The average Bonchev–Trinajstić information content (AvgIpc) is 2.91. The first-order chi connectivity index (χ1) is 18.7. The van der Waals surface area contributed by atoms with Crippen LogP contribution in [0.4, 0.5) is 16.2 Å². The number of anilines is 1. The molecule has 4 amide bonds. The van der Waals surface area contributed by atoms with Crippen molar-refractivity contribution in [2.75, 3.05) is 11.5 Å². The van der Waals surface area contributed by atoms with Crippen molar-refractivity contribution in [1.82, 2.24) is 5.32 Å². The summed E-state index contributed by atoms with van der Waals surface area (Å²) in [5.74, 6) is -2.03. The van der Waals surface area contributed by atoms with Gasteiger partial charge < -0.3 is 9.47 Å². The van der Waals surface area contributed by atoms with Crippen molar-refractivity contribution in [3.05, 3.63) is 104 Å². The number of rotatable bonds is 8. The Kier molecular flexibility index (Phi) is 8.15.